The van der Waals surface area contributed by atoms with E-state index in [0.29, 0.717) is 41.9 Å². The highest BCUT2D eigenvalue weighted by atomic mass is 16.5. The molecule has 1 aliphatic heterocycles. The highest BCUT2D eigenvalue weighted by Crippen LogP contribution is 2.29. The monoisotopic (exact) mass is 378 g/mol. The van der Waals surface area contributed by atoms with Crippen LogP contribution in [0, 0.1) is 6.92 Å². The molecule has 0 radical (unpaired) electrons. The summed E-state index contributed by atoms with van der Waals surface area (Å²) in [7, 11) is 0. The van der Waals surface area contributed by atoms with Crippen molar-refractivity contribution in [2.45, 2.75) is 33.1 Å². The second-order valence-corrected chi connectivity index (χ2v) is 7.32. The molecule has 0 saturated heterocycles. The highest BCUT2D eigenvalue weighted by molar-refractivity contribution is 6.06. The van der Waals surface area contributed by atoms with Crippen molar-refractivity contribution in [1.82, 2.24) is 15.5 Å². The van der Waals surface area contributed by atoms with Gasteiger partial charge in [0.25, 0.3) is 11.6 Å². The molecule has 4 rings (SSSR count). The van der Waals surface area contributed by atoms with Gasteiger partial charge in [0.2, 0.25) is 5.91 Å². The van der Waals surface area contributed by atoms with Crippen LogP contribution in [0.15, 0.2) is 34.9 Å². The Morgan fingerprint density at radius 3 is 2.89 bits per heavy atom. The van der Waals surface area contributed by atoms with Crippen molar-refractivity contribution in [1.29, 1.82) is 0 Å². The number of aromatic nitrogens is 2. The largest absolute Gasteiger partial charge is 0.350 e. The molecular weight excluding hydrogens is 356 g/mol. The van der Waals surface area contributed by atoms with E-state index >= 15 is 0 Å². The average molecular weight is 378 g/mol. The van der Waals surface area contributed by atoms with Crippen LogP contribution in [0.5, 0.6) is 0 Å². The molecule has 0 saturated carbocycles. The van der Waals surface area contributed by atoms with Gasteiger partial charge >= 0.3 is 0 Å². The normalized spacial score (nSPS) is 13.4. The summed E-state index contributed by atoms with van der Waals surface area (Å²) in [6, 6.07) is 9.49. The molecule has 3 heterocycles. The maximum Gasteiger partial charge on any atom is 0.259 e. The molecule has 1 aliphatic rings. The molecule has 1 aromatic carbocycles. The van der Waals surface area contributed by atoms with E-state index in [1.165, 1.54) is 0 Å². The number of anilines is 1. The second kappa shape index (κ2) is 7.07. The molecule has 144 valence electrons. The van der Waals surface area contributed by atoms with Crippen LogP contribution in [-0.2, 0) is 11.2 Å². The van der Waals surface area contributed by atoms with Gasteiger partial charge in [-0.2, -0.15) is 0 Å². The fraction of sp³-hybridized carbons (Fsp3) is 0.333. The van der Waals surface area contributed by atoms with Crippen LogP contribution in [0.1, 0.15) is 47.1 Å². The van der Waals surface area contributed by atoms with Gasteiger partial charge in [-0.15, -0.1) is 0 Å². The van der Waals surface area contributed by atoms with Crippen molar-refractivity contribution < 1.29 is 14.1 Å². The van der Waals surface area contributed by atoms with E-state index in [-0.39, 0.29) is 17.7 Å². The number of carbonyl (C=O) groups is 2. The smallest absolute Gasteiger partial charge is 0.259 e. The van der Waals surface area contributed by atoms with E-state index in [0.717, 1.165) is 16.9 Å². The fourth-order valence-corrected chi connectivity index (χ4v) is 3.61. The van der Waals surface area contributed by atoms with Crippen LogP contribution < -0.4 is 10.2 Å². The molecule has 3 aromatic rings. The lowest BCUT2D eigenvalue weighted by Gasteiger charge is -2.18. The van der Waals surface area contributed by atoms with Crippen LogP contribution in [0.3, 0.4) is 0 Å². The predicted octanol–water partition coefficient (Wildman–Crippen LogP) is 2.97. The van der Waals surface area contributed by atoms with Crippen molar-refractivity contribution in [3.8, 4) is 0 Å². The summed E-state index contributed by atoms with van der Waals surface area (Å²) in [5, 5.41) is 7.66. The Morgan fingerprint density at radius 2 is 2.11 bits per heavy atom. The molecule has 7 heteroatoms. The van der Waals surface area contributed by atoms with Gasteiger partial charge in [-0.25, -0.2) is 4.98 Å². The van der Waals surface area contributed by atoms with E-state index in [9.17, 15) is 9.59 Å². The molecule has 0 atom stereocenters. The Kier molecular flexibility index (Phi) is 4.58. The van der Waals surface area contributed by atoms with Gasteiger partial charge in [-0.1, -0.05) is 37.2 Å². The Balaban J connectivity index is 1.52. The summed E-state index contributed by atoms with van der Waals surface area (Å²) in [6.45, 7) is 6.58. The lowest BCUT2D eigenvalue weighted by atomic mass is 10.0. The van der Waals surface area contributed by atoms with E-state index in [1.807, 2.05) is 45.0 Å². The number of rotatable bonds is 5. The maximum atomic E-state index is 12.9. The third-order valence-corrected chi connectivity index (χ3v) is 4.94. The quantitative estimate of drug-likeness (QED) is 0.737. The summed E-state index contributed by atoms with van der Waals surface area (Å²) < 4.78 is 5.33. The van der Waals surface area contributed by atoms with E-state index < -0.39 is 0 Å². The molecule has 0 spiro atoms. The number of hydrogen-bond donors (Lipinski definition) is 1. The molecule has 0 aliphatic carbocycles. The van der Waals surface area contributed by atoms with Crippen molar-refractivity contribution >= 4 is 28.6 Å². The van der Waals surface area contributed by atoms with Crippen molar-refractivity contribution in [3.63, 3.8) is 0 Å². The summed E-state index contributed by atoms with van der Waals surface area (Å²) in [5.74, 6) is -0.0599. The first-order chi connectivity index (χ1) is 13.5. The van der Waals surface area contributed by atoms with E-state index in [4.69, 9.17) is 4.52 Å². The molecule has 0 unspecified atom stereocenters. The minimum absolute atomic E-state index is 0.0544. The first-order valence-electron chi connectivity index (χ1n) is 9.39. The Labute approximate surface area is 162 Å². The first-order valence-corrected chi connectivity index (χ1v) is 9.39. The number of amides is 2. The molecular formula is C21H22N4O3. The molecule has 28 heavy (non-hydrogen) atoms. The summed E-state index contributed by atoms with van der Waals surface area (Å²) in [4.78, 5) is 31.2. The number of nitrogens with one attached hydrogen (secondary N) is 1. The molecule has 0 fully saturated rings. The number of pyridine rings is 1. The van der Waals surface area contributed by atoms with Gasteiger partial charge in [-0.05, 0) is 30.5 Å². The van der Waals surface area contributed by atoms with Crippen molar-refractivity contribution in [2.24, 2.45) is 0 Å². The van der Waals surface area contributed by atoms with Crippen LogP contribution in [0.2, 0.25) is 0 Å². The standard InChI is InChI=1S/C21H22N4O3/c1-12(2)19-18-15(10-13(3)23-21(18)28-24-19)20(27)22-8-9-25-16-7-5-4-6-14(16)11-17(25)26/h4-7,10,12H,8-9,11H2,1-3H3,(H,22,27). The Hall–Kier alpha value is -3.22. The average Bonchev–Trinajstić information content (AvgIpc) is 3.22. The van der Waals surface area contributed by atoms with Crippen molar-refractivity contribution in [2.75, 3.05) is 18.0 Å². The van der Waals surface area contributed by atoms with Gasteiger partial charge in [-0.3, -0.25) is 9.59 Å². The molecule has 2 aromatic heterocycles. The van der Waals surface area contributed by atoms with Crippen LogP contribution in [0.4, 0.5) is 5.69 Å². The number of nitrogens with zero attached hydrogens (tertiary/aromatic N) is 3. The number of para-hydroxylation sites is 1. The highest BCUT2D eigenvalue weighted by Gasteiger charge is 2.26. The number of hydrogen-bond acceptors (Lipinski definition) is 5. The Bertz CT molecular complexity index is 1070. The molecule has 2 amide bonds. The number of carbonyl (C=O) groups excluding carboxylic acids is 2. The summed E-state index contributed by atoms with van der Waals surface area (Å²) >= 11 is 0. The lowest BCUT2D eigenvalue weighted by Crippen LogP contribution is -2.36. The summed E-state index contributed by atoms with van der Waals surface area (Å²) in [5.41, 5.74) is 4.23. The van der Waals surface area contributed by atoms with Gasteiger partial charge < -0.3 is 14.7 Å². The number of aryl methyl sites for hydroxylation is 1. The second-order valence-electron chi connectivity index (χ2n) is 7.32. The number of fused-ring (bicyclic) bond motifs is 2. The fourth-order valence-electron chi connectivity index (χ4n) is 3.61. The summed E-state index contributed by atoms with van der Waals surface area (Å²) in [6.07, 6.45) is 0.409. The lowest BCUT2D eigenvalue weighted by molar-refractivity contribution is -0.117. The SMILES string of the molecule is Cc1cc(C(=O)NCCN2C(=O)Cc3ccccc32)c2c(C(C)C)noc2n1. The van der Waals surface area contributed by atoms with Crippen LogP contribution in [-0.4, -0.2) is 35.0 Å². The van der Waals surface area contributed by atoms with Gasteiger partial charge in [0.1, 0.15) is 0 Å². The van der Waals surface area contributed by atoms with Crippen LogP contribution >= 0.6 is 0 Å². The third-order valence-electron chi connectivity index (χ3n) is 4.94. The zero-order valence-corrected chi connectivity index (χ0v) is 16.2. The van der Waals surface area contributed by atoms with Gasteiger partial charge in [0, 0.05) is 24.5 Å². The van der Waals surface area contributed by atoms with Crippen LogP contribution in [0.25, 0.3) is 11.1 Å². The third kappa shape index (κ3) is 3.13. The van der Waals surface area contributed by atoms with Gasteiger partial charge in [0.05, 0.1) is 23.1 Å². The minimum Gasteiger partial charge on any atom is -0.350 e. The molecule has 7 nitrogen and oxygen atoms in total. The van der Waals surface area contributed by atoms with Gasteiger partial charge in [0.15, 0.2) is 0 Å². The minimum atomic E-state index is -0.222. The van der Waals surface area contributed by atoms with Crippen molar-refractivity contribution in [3.05, 3.63) is 52.8 Å². The number of benzene rings is 1. The van der Waals surface area contributed by atoms with E-state index in [2.05, 4.69) is 15.5 Å². The molecule has 0 bridgehead atoms. The maximum absolute atomic E-state index is 12.9. The first kappa shape index (κ1) is 18.2. The predicted molar refractivity (Wildman–Crippen MR) is 105 cm³/mol. The zero-order chi connectivity index (χ0) is 19.8. The Morgan fingerprint density at radius 1 is 1.32 bits per heavy atom. The van der Waals surface area contributed by atoms with E-state index in [1.54, 1.807) is 11.0 Å². The topological polar surface area (TPSA) is 88.3 Å². The molecule has 1 N–H and O–H groups in total. The zero-order valence-electron chi connectivity index (χ0n) is 16.2.